The van der Waals surface area contributed by atoms with Crippen LogP contribution in [0.4, 0.5) is 17.1 Å². The van der Waals surface area contributed by atoms with Gasteiger partial charge in [0.05, 0.1) is 0 Å². The lowest BCUT2D eigenvalue weighted by atomic mass is 10.2. The number of anilines is 3. The lowest BCUT2D eigenvalue weighted by Gasteiger charge is -2.34. The van der Waals surface area contributed by atoms with Gasteiger partial charge >= 0.3 is 11.8 Å². The van der Waals surface area contributed by atoms with Gasteiger partial charge in [-0.2, -0.15) is 0 Å². The van der Waals surface area contributed by atoms with Gasteiger partial charge in [-0.25, -0.2) is 0 Å². The molecule has 0 radical (unpaired) electrons. The molecule has 1 heterocycles. The maximum atomic E-state index is 12.2. The summed E-state index contributed by atoms with van der Waals surface area (Å²) in [6, 6.07) is 13.0. The van der Waals surface area contributed by atoms with E-state index in [9.17, 15) is 9.59 Å². The average Bonchev–Trinajstić information content (AvgIpc) is 2.65. The number of nitrogens with one attached hydrogen (secondary N) is 2. The van der Waals surface area contributed by atoms with Crippen LogP contribution in [0.2, 0.25) is 0 Å². The van der Waals surface area contributed by atoms with Gasteiger partial charge in [-0.05, 0) is 62.0 Å². The van der Waals surface area contributed by atoms with Crippen LogP contribution in [-0.2, 0) is 9.59 Å². The Labute approximate surface area is 167 Å². The molecule has 0 saturated carbocycles. The highest BCUT2D eigenvalue weighted by atomic mass is 79.9. The molecule has 0 aliphatic carbocycles. The van der Waals surface area contributed by atoms with Crippen LogP contribution in [0, 0.1) is 6.92 Å². The molecule has 7 heteroatoms. The molecule has 142 valence electrons. The van der Waals surface area contributed by atoms with Gasteiger partial charge in [-0.3, -0.25) is 9.59 Å². The first-order chi connectivity index (χ1) is 12.9. The molecule has 0 spiro atoms. The quantitative estimate of drug-likeness (QED) is 0.734. The average molecular weight is 431 g/mol. The maximum absolute atomic E-state index is 12.2. The number of nitrogens with zero attached hydrogens (tertiary/aromatic N) is 2. The molecule has 1 fully saturated rings. The summed E-state index contributed by atoms with van der Waals surface area (Å²) in [4.78, 5) is 28.9. The predicted octanol–water partition coefficient (Wildman–Crippen LogP) is 3.09. The van der Waals surface area contributed by atoms with Crippen molar-refractivity contribution in [2.24, 2.45) is 0 Å². The zero-order valence-corrected chi connectivity index (χ0v) is 17.0. The highest BCUT2D eigenvalue weighted by molar-refractivity contribution is 9.10. The van der Waals surface area contributed by atoms with E-state index in [4.69, 9.17) is 0 Å². The Bertz CT molecular complexity index is 830. The number of amides is 2. The summed E-state index contributed by atoms with van der Waals surface area (Å²) >= 11 is 3.38. The fourth-order valence-electron chi connectivity index (χ4n) is 2.95. The summed E-state index contributed by atoms with van der Waals surface area (Å²) in [6.45, 7) is 5.91. The Balaban J connectivity index is 1.57. The smallest absolute Gasteiger partial charge is 0.314 e. The molecule has 27 heavy (non-hydrogen) atoms. The molecule has 2 aromatic rings. The van der Waals surface area contributed by atoms with Gasteiger partial charge in [0.15, 0.2) is 0 Å². The number of carbonyl (C=O) groups is 2. The Morgan fingerprint density at radius 2 is 1.56 bits per heavy atom. The molecule has 0 unspecified atom stereocenters. The lowest BCUT2D eigenvalue weighted by Crippen LogP contribution is -2.44. The molecule has 0 atom stereocenters. The van der Waals surface area contributed by atoms with Crippen LogP contribution < -0.4 is 15.5 Å². The lowest BCUT2D eigenvalue weighted by molar-refractivity contribution is -0.133. The molecule has 0 aromatic heterocycles. The van der Waals surface area contributed by atoms with Crippen molar-refractivity contribution in [1.29, 1.82) is 0 Å². The largest absolute Gasteiger partial charge is 0.369 e. The van der Waals surface area contributed by atoms with Gasteiger partial charge in [-0.15, -0.1) is 0 Å². The monoisotopic (exact) mass is 430 g/mol. The standard InChI is InChI=1S/C20H23BrN4O2/c1-14-13-15(21)3-8-18(14)23-20(27)19(26)22-16-4-6-17(7-5-16)25-11-9-24(2)10-12-25/h3-8,13H,9-12H2,1-2H3,(H,22,26)(H,23,27). The Morgan fingerprint density at radius 3 is 2.19 bits per heavy atom. The van der Waals surface area contributed by atoms with Crippen molar-refractivity contribution in [3.8, 4) is 0 Å². The van der Waals surface area contributed by atoms with Crippen molar-refractivity contribution in [3.63, 3.8) is 0 Å². The van der Waals surface area contributed by atoms with Gasteiger partial charge in [0.1, 0.15) is 0 Å². The fraction of sp³-hybridized carbons (Fsp3) is 0.300. The maximum Gasteiger partial charge on any atom is 0.314 e. The second kappa shape index (κ2) is 8.54. The van der Waals surface area contributed by atoms with E-state index < -0.39 is 11.8 Å². The Kier molecular flexibility index (Phi) is 6.13. The number of halogens is 1. The molecule has 0 bridgehead atoms. The highest BCUT2D eigenvalue weighted by Crippen LogP contribution is 2.21. The Hall–Kier alpha value is -2.38. The highest BCUT2D eigenvalue weighted by Gasteiger charge is 2.16. The van der Waals surface area contributed by atoms with Crippen molar-refractivity contribution in [2.45, 2.75) is 6.92 Å². The van der Waals surface area contributed by atoms with Crippen LogP contribution in [0.15, 0.2) is 46.9 Å². The topological polar surface area (TPSA) is 64.7 Å². The third kappa shape index (κ3) is 5.08. The number of piperazine rings is 1. The minimum Gasteiger partial charge on any atom is -0.369 e. The summed E-state index contributed by atoms with van der Waals surface area (Å²) in [5.41, 5.74) is 3.21. The fourth-order valence-corrected chi connectivity index (χ4v) is 3.43. The summed E-state index contributed by atoms with van der Waals surface area (Å²) in [5, 5.41) is 5.28. The van der Waals surface area contributed by atoms with E-state index in [1.54, 1.807) is 6.07 Å². The minimum absolute atomic E-state index is 0.598. The molecular weight excluding hydrogens is 408 g/mol. The number of hydrogen-bond acceptors (Lipinski definition) is 4. The number of aryl methyl sites for hydroxylation is 1. The van der Waals surface area contributed by atoms with Crippen molar-refractivity contribution in [1.82, 2.24) is 4.90 Å². The van der Waals surface area contributed by atoms with E-state index >= 15 is 0 Å². The second-order valence-electron chi connectivity index (χ2n) is 6.70. The first kappa shape index (κ1) is 19.4. The first-order valence-corrected chi connectivity index (χ1v) is 9.64. The molecule has 1 aliphatic heterocycles. The molecule has 1 saturated heterocycles. The van der Waals surface area contributed by atoms with E-state index in [0.717, 1.165) is 41.9 Å². The van der Waals surface area contributed by atoms with E-state index in [1.807, 2.05) is 43.3 Å². The summed E-state index contributed by atoms with van der Waals surface area (Å²) < 4.78 is 0.919. The Morgan fingerprint density at radius 1 is 0.926 bits per heavy atom. The van der Waals surface area contributed by atoms with Crippen molar-refractivity contribution in [2.75, 3.05) is 48.8 Å². The summed E-state index contributed by atoms with van der Waals surface area (Å²) in [6.07, 6.45) is 0. The van der Waals surface area contributed by atoms with E-state index in [0.29, 0.717) is 11.4 Å². The molecule has 2 amide bonds. The van der Waals surface area contributed by atoms with E-state index in [1.165, 1.54) is 0 Å². The zero-order chi connectivity index (χ0) is 19.4. The number of likely N-dealkylation sites (N-methyl/N-ethyl adjacent to an activating group) is 1. The van der Waals surface area contributed by atoms with Gasteiger partial charge in [-0.1, -0.05) is 15.9 Å². The summed E-state index contributed by atoms with van der Waals surface area (Å²) in [7, 11) is 2.12. The molecule has 3 rings (SSSR count). The van der Waals surface area contributed by atoms with Gasteiger partial charge in [0.25, 0.3) is 0 Å². The number of benzene rings is 2. The van der Waals surface area contributed by atoms with Crippen molar-refractivity contribution >= 4 is 44.8 Å². The van der Waals surface area contributed by atoms with Crippen LogP contribution in [-0.4, -0.2) is 49.9 Å². The normalized spacial score (nSPS) is 14.7. The van der Waals surface area contributed by atoms with Gasteiger partial charge < -0.3 is 20.4 Å². The van der Waals surface area contributed by atoms with Crippen molar-refractivity contribution in [3.05, 3.63) is 52.5 Å². The van der Waals surface area contributed by atoms with Crippen molar-refractivity contribution < 1.29 is 9.59 Å². The van der Waals surface area contributed by atoms with Crippen LogP contribution in [0.1, 0.15) is 5.56 Å². The molecule has 2 aromatic carbocycles. The van der Waals surface area contributed by atoms with Gasteiger partial charge in [0, 0.05) is 47.7 Å². The van der Waals surface area contributed by atoms with Gasteiger partial charge in [0.2, 0.25) is 0 Å². The van der Waals surface area contributed by atoms with Crippen LogP contribution in [0.3, 0.4) is 0 Å². The number of rotatable bonds is 3. The number of hydrogen-bond donors (Lipinski definition) is 2. The van der Waals surface area contributed by atoms with Crippen LogP contribution in [0.25, 0.3) is 0 Å². The van der Waals surface area contributed by atoms with Crippen LogP contribution in [0.5, 0.6) is 0 Å². The zero-order valence-electron chi connectivity index (χ0n) is 15.5. The third-order valence-electron chi connectivity index (χ3n) is 4.64. The predicted molar refractivity (Wildman–Crippen MR) is 112 cm³/mol. The molecule has 6 nitrogen and oxygen atoms in total. The third-order valence-corrected chi connectivity index (χ3v) is 5.13. The second-order valence-corrected chi connectivity index (χ2v) is 7.62. The summed E-state index contributed by atoms with van der Waals surface area (Å²) in [5.74, 6) is -1.38. The SMILES string of the molecule is Cc1cc(Br)ccc1NC(=O)C(=O)Nc1ccc(N2CCN(C)CC2)cc1. The molecule has 2 N–H and O–H groups in total. The minimum atomic E-state index is -0.691. The molecular formula is C20H23BrN4O2. The molecule has 1 aliphatic rings. The van der Waals surface area contributed by atoms with Crippen LogP contribution >= 0.6 is 15.9 Å². The first-order valence-electron chi connectivity index (χ1n) is 8.84. The number of carbonyl (C=O) groups excluding carboxylic acids is 2. The van der Waals surface area contributed by atoms with E-state index in [2.05, 4.69) is 43.4 Å². The van der Waals surface area contributed by atoms with E-state index in [-0.39, 0.29) is 0 Å².